The maximum atomic E-state index is 15.4. The Morgan fingerprint density at radius 3 is 2.51 bits per heavy atom. The van der Waals surface area contributed by atoms with Crippen LogP contribution < -0.4 is 0 Å². The Kier molecular flexibility index (Phi) is 10.2. The molecule has 5 heterocycles. The van der Waals surface area contributed by atoms with Crippen molar-refractivity contribution in [3.05, 3.63) is 83.8 Å². The lowest BCUT2D eigenvalue weighted by Gasteiger charge is -2.31. The van der Waals surface area contributed by atoms with Crippen LogP contribution in [0.1, 0.15) is 42.1 Å². The van der Waals surface area contributed by atoms with Crippen molar-refractivity contribution in [1.29, 1.82) is 0 Å². The number of benzene rings is 2. The molecule has 1 fully saturated rings. The van der Waals surface area contributed by atoms with Crippen LogP contribution in [-0.2, 0) is 6.54 Å². The van der Waals surface area contributed by atoms with Crippen LogP contribution in [0.25, 0.3) is 38.8 Å². The quantitative estimate of drug-likeness (QED) is 0.195. The Hall–Kier alpha value is -3.37. The van der Waals surface area contributed by atoms with Crippen molar-refractivity contribution in [2.75, 3.05) is 19.6 Å². The van der Waals surface area contributed by atoms with Crippen LogP contribution in [0.3, 0.4) is 0 Å². The first-order valence-electron chi connectivity index (χ1n) is 13.9. The van der Waals surface area contributed by atoms with E-state index in [0.717, 1.165) is 73.6 Å². The monoisotopic (exact) mass is 642 g/mol. The summed E-state index contributed by atoms with van der Waals surface area (Å²) in [6.45, 7) is 7.96. The smallest absolute Gasteiger partial charge is 0.156 e. The molecule has 0 atom stereocenters. The Bertz CT molecular complexity index is 1860. The van der Waals surface area contributed by atoms with Crippen molar-refractivity contribution in [2.24, 2.45) is 0 Å². The van der Waals surface area contributed by atoms with Crippen LogP contribution in [0, 0.1) is 19.7 Å². The summed E-state index contributed by atoms with van der Waals surface area (Å²) in [5.74, 6) is -0.00417. The molecule has 1 saturated heterocycles. The second-order valence-corrected chi connectivity index (χ2v) is 10.9. The molecule has 7 rings (SSSR count). The van der Waals surface area contributed by atoms with Crippen molar-refractivity contribution >= 4 is 64.8 Å². The minimum absolute atomic E-state index is 0. The number of aromatic nitrogens is 7. The molecule has 226 valence electrons. The largest absolute Gasteiger partial charge is 0.331 e. The zero-order chi connectivity index (χ0) is 27.2. The Morgan fingerprint density at radius 2 is 1.70 bits per heavy atom. The van der Waals surface area contributed by atoms with E-state index in [4.69, 9.17) is 0 Å². The van der Waals surface area contributed by atoms with Gasteiger partial charge in [0.1, 0.15) is 5.82 Å². The van der Waals surface area contributed by atoms with Crippen molar-refractivity contribution in [2.45, 2.75) is 45.6 Å². The molecule has 43 heavy (non-hydrogen) atoms. The number of hydrogen-bond donors (Lipinski definition) is 0. The fraction of sp³-hybridized carbons (Fsp3) is 0.323. The number of aryl methyl sites for hydroxylation is 3. The number of rotatable bonds is 6. The van der Waals surface area contributed by atoms with Crippen LogP contribution in [0.15, 0.2) is 61.1 Å². The first kappa shape index (κ1) is 32.5. The molecule has 8 nitrogen and oxygen atoms in total. The summed E-state index contributed by atoms with van der Waals surface area (Å²) in [6, 6.07) is 15.5. The SMILES string of the molecule is Cc1cn2nc(-c3cc(F)c4cc(C5CCN(CCCn6cnc7ccccc76)CC5)nnc4c3)cc(C)c2n1.Cl.Cl.Cl. The molecular weight excluding hydrogens is 610 g/mol. The lowest BCUT2D eigenvalue weighted by molar-refractivity contribution is 0.206. The van der Waals surface area contributed by atoms with Gasteiger partial charge in [0, 0.05) is 23.4 Å². The van der Waals surface area contributed by atoms with Gasteiger partial charge in [0.15, 0.2) is 5.65 Å². The molecule has 2 aromatic carbocycles. The second kappa shape index (κ2) is 13.5. The predicted octanol–water partition coefficient (Wildman–Crippen LogP) is 6.98. The average molecular weight is 644 g/mol. The van der Waals surface area contributed by atoms with E-state index in [-0.39, 0.29) is 43.0 Å². The van der Waals surface area contributed by atoms with Gasteiger partial charge >= 0.3 is 0 Å². The normalized spacial score (nSPS) is 14.0. The molecule has 0 N–H and O–H groups in total. The maximum Gasteiger partial charge on any atom is 0.156 e. The van der Waals surface area contributed by atoms with Crippen molar-refractivity contribution < 1.29 is 4.39 Å². The number of imidazole rings is 2. The van der Waals surface area contributed by atoms with Gasteiger partial charge in [0.25, 0.3) is 0 Å². The summed E-state index contributed by atoms with van der Waals surface area (Å²) >= 11 is 0. The van der Waals surface area contributed by atoms with Gasteiger partial charge in [0.2, 0.25) is 0 Å². The molecule has 6 aromatic rings. The molecule has 0 saturated carbocycles. The lowest BCUT2D eigenvalue weighted by Crippen LogP contribution is -2.34. The molecule has 0 bridgehead atoms. The van der Waals surface area contributed by atoms with Crippen molar-refractivity contribution in [3.63, 3.8) is 0 Å². The molecule has 1 aliphatic heterocycles. The minimum atomic E-state index is -0.297. The summed E-state index contributed by atoms with van der Waals surface area (Å²) in [4.78, 5) is 11.5. The standard InChI is InChI=1S/C31H31FN8.3ClH/c1-20-14-28(37-40-18-21(2)34-31(20)40)23-15-25(32)24-17-27(35-36-29(24)16-23)22-8-12-38(13-9-22)10-5-11-39-19-33-26-6-3-4-7-30(26)39;;;/h3-4,6-7,14-19,22H,5,8-13H2,1-2H3;3*1H. The number of halogens is 4. The third kappa shape index (κ3) is 6.45. The molecule has 0 amide bonds. The minimum Gasteiger partial charge on any atom is -0.331 e. The van der Waals surface area contributed by atoms with Crippen LogP contribution in [-0.4, -0.2) is 58.9 Å². The summed E-state index contributed by atoms with van der Waals surface area (Å²) in [7, 11) is 0. The Morgan fingerprint density at radius 1 is 0.907 bits per heavy atom. The van der Waals surface area contributed by atoms with Crippen LogP contribution in [0.5, 0.6) is 0 Å². The maximum absolute atomic E-state index is 15.4. The number of nitrogens with zero attached hydrogens (tertiary/aromatic N) is 8. The molecule has 4 aromatic heterocycles. The van der Waals surface area contributed by atoms with Crippen molar-refractivity contribution in [3.8, 4) is 11.3 Å². The number of likely N-dealkylation sites (tertiary alicyclic amines) is 1. The third-order valence-corrected chi connectivity index (χ3v) is 8.11. The zero-order valence-corrected chi connectivity index (χ0v) is 26.4. The van der Waals surface area contributed by atoms with Crippen molar-refractivity contribution in [1.82, 2.24) is 39.2 Å². The topological polar surface area (TPSA) is 77.0 Å². The van der Waals surface area contributed by atoms with Gasteiger partial charge in [-0.25, -0.2) is 18.9 Å². The van der Waals surface area contributed by atoms with E-state index < -0.39 is 0 Å². The van der Waals surface area contributed by atoms with E-state index in [1.165, 1.54) is 5.52 Å². The average Bonchev–Trinajstić information content (AvgIpc) is 3.56. The van der Waals surface area contributed by atoms with Crippen LogP contribution >= 0.6 is 37.2 Å². The fourth-order valence-electron chi connectivity index (χ4n) is 5.96. The number of fused-ring (bicyclic) bond motifs is 3. The van der Waals surface area contributed by atoms with Gasteiger partial charge in [-0.2, -0.15) is 15.3 Å². The molecule has 12 heteroatoms. The Balaban J connectivity index is 0.00000141. The van der Waals surface area contributed by atoms with Gasteiger partial charge < -0.3 is 9.47 Å². The third-order valence-electron chi connectivity index (χ3n) is 8.11. The van der Waals surface area contributed by atoms with Gasteiger partial charge in [-0.15, -0.1) is 37.2 Å². The van der Waals surface area contributed by atoms with Crippen LogP contribution in [0.2, 0.25) is 0 Å². The highest BCUT2D eigenvalue weighted by Crippen LogP contribution is 2.31. The first-order valence-corrected chi connectivity index (χ1v) is 13.9. The number of hydrogen-bond acceptors (Lipinski definition) is 6. The van der Waals surface area contributed by atoms with E-state index in [1.807, 2.05) is 50.6 Å². The van der Waals surface area contributed by atoms with E-state index >= 15 is 4.39 Å². The second-order valence-electron chi connectivity index (χ2n) is 10.9. The number of para-hydroxylation sites is 2. The zero-order valence-electron chi connectivity index (χ0n) is 24.0. The van der Waals surface area contributed by atoms with Gasteiger partial charge in [-0.1, -0.05) is 12.1 Å². The predicted molar refractivity (Wildman–Crippen MR) is 175 cm³/mol. The summed E-state index contributed by atoms with van der Waals surface area (Å²) in [6.07, 6.45) is 6.90. The Labute approximate surface area is 268 Å². The summed E-state index contributed by atoms with van der Waals surface area (Å²) in [5, 5.41) is 14.2. The molecule has 0 unspecified atom stereocenters. The summed E-state index contributed by atoms with van der Waals surface area (Å²) < 4.78 is 19.4. The highest BCUT2D eigenvalue weighted by molar-refractivity contribution is 5.86. The molecule has 1 aliphatic rings. The number of piperidine rings is 1. The van der Waals surface area contributed by atoms with E-state index in [1.54, 1.807) is 10.6 Å². The first-order chi connectivity index (χ1) is 19.5. The van der Waals surface area contributed by atoms with E-state index in [0.29, 0.717) is 28.1 Å². The highest BCUT2D eigenvalue weighted by atomic mass is 35.5. The summed E-state index contributed by atoms with van der Waals surface area (Å²) in [5.41, 5.74) is 7.72. The van der Waals surface area contributed by atoms with Gasteiger partial charge in [0.05, 0.1) is 46.2 Å². The van der Waals surface area contributed by atoms with E-state index in [9.17, 15) is 0 Å². The highest BCUT2D eigenvalue weighted by Gasteiger charge is 2.23. The van der Waals surface area contributed by atoms with Gasteiger partial charge in [-0.3, -0.25) is 0 Å². The van der Waals surface area contributed by atoms with Gasteiger partial charge in [-0.05, 0) is 94.7 Å². The molecule has 0 spiro atoms. The van der Waals surface area contributed by atoms with Crippen LogP contribution in [0.4, 0.5) is 4.39 Å². The fourth-order valence-corrected chi connectivity index (χ4v) is 5.96. The lowest BCUT2D eigenvalue weighted by atomic mass is 9.92. The van der Waals surface area contributed by atoms with E-state index in [2.05, 4.69) is 52.9 Å². The molecule has 0 radical (unpaired) electrons. The molecular formula is C31H34Cl3FN8. The molecule has 0 aliphatic carbocycles.